The van der Waals surface area contributed by atoms with E-state index in [2.05, 4.69) is 76.8 Å². The molecule has 0 fully saturated rings. The summed E-state index contributed by atoms with van der Waals surface area (Å²) in [6, 6.07) is 17.7. The Balaban J connectivity index is 1.86. The van der Waals surface area contributed by atoms with Gasteiger partial charge in [0.2, 0.25) is 0 Å². The van der Waals surface area contributed by atoms with Crippen molar-refractivity contribution in [3.8, 4) is 0 Å². The molecule has 0 nitrogen and oxygen atoms in total. The van der Waals surface area contributed by atoms with Gasteiger partial charge in [0, 0.05) is 4.70 Å². The Kier molecular flexibility index (Phi) is 4.77. The van der Waals surface area contributed by atoms with Gasteiger partial charge in [-0.3, -0.25) is 0 Å². The average molecular weight is 359 g/mol. The zero-order valence-corrected chi connectivity index (χ0v) is 14.6. The molecule has 1 atom stereocenters. The number of hydrogen-bond donors (Lipinski definition) is 0. The lowest BCUT2D eigenvalue weighted by Crippen LogP contribution is -1.92. The fourth-order valence-corrected chi connectivity index (χ4v) is 4.45. The van der Waals surface area contributed by atoms with Crippen LogP contribution in [0.3, 0.4) is 0 Å². The van der Waals surface area contributed by atoms with Gasteiger partial charge in [0.25, 0.3) is 0 Å². The van der Waals surface area contributed by atoms with Gasteiger partial charge in [-0.15, -0.1) is 11.3 Å². The predicted molar refractivity (Wildman–Crippen MR) is 97.6 cm³/mol. The number of alkyl halides is 1. The quantitative estimate of drug-likeness (QED) is 0.443. The second-order valence-corrected chi connectivity index (χ2v) is 7.22. The zero-order valence-electron chi connectivity index (χ0n) is 12.2. The van der Waals surface area contributed by atoms with Crippen molar-refractivity contribution in [1.29, 1.82) is 0 Å². The number of aryl methyl sites for hydroxylation is 1. The number of fused-ring (bicyclic) bond motifs is 1. The fourth-order valence-electron chi connectivity index (χ4n) is 2.61. The highest BCUT2D eigenvalue weighted by Crippen LogP contribution is 2.38. The van der Waals surface area contributed by atoms with Crippen molar-refractivity contribution in [2.45, 2.75) is 31.0 Å². The van der Waals surface area contributed by atoms with Crippen LogP contribution < -0.4 is 0 Å². The molecular formula is C19H19BrS. The molecule has 0 saturated heterocycles. The number of thiophene rings is 1. The summed E-state index contributed by atoms with van der Waals surface area (Å²) < 4.78 is 1.36. The van der Waals surface area contributed by atoms with Crippen LogP contribution in [-0.4, -0.2) is 0 Å². The van der Waals surface area contributed by atoms with Crippen LogP contribution in [0.5, 0.6) is 0 Å². The molecule has 1 aromatic heterocycles. The second kappa shape index (κ2) is 6.76. The third-order valence-electron chi connectivity index (χ3n) is 3.88. The topological polar surface area (TPSA) is 0 Å². The molecule has 0 amide bonds. The SMILES string of the molecule is CCCCc1ccc(C(Br)c2csc3ccccc23)cc1. The molecule has 2 aromatic carbocycles. The summed E-state index contributed by atoms with van der Waals surface area (Å²) in [5.74, 6) is 0. The lowest BCUT2D eigenvalue weighted by Gasteiger charge is -2.11. The Labute approximate surface area is 139 Å². The van der Waals surface area contributed by atoms with Crippen molar-refractivity contribution in [2.24, 2.45) is 0 Å². The molecule has 0 radical (unpaired) electrons. The number of halogens is 1. The Hall–Kier alpha value is -1.12. The van der Waals surface area contributed by atoms with Crippen LogP contribution in [0.1, 0.15) is 41.3 Å². The highest BCUT2D eigenvalue weighted by Gasteiger charge is 2.14. The van der Waals surface area contributed by atoms with Gasteiger partial charge < -0.3 is 0 Å². The van der Waals surface area contributed by atoms with Crippen LogP contribution in [0.2, 0.25) is 0 Å². The van der Waals surface area contributed by atoms with Gasteiger partial charge in [-0.2, -0.15) is 0 Å². The predicted octanol–water partition coefficient (Wildman–Crippen LogP) is 6.73. The molecule has 0 saturated carbocycles. The summed E-state index contributed by atoms with van der Waals surface area (Å²) in [5.41, 5.74) is 4.14. The zero-order chi connectivity index (χ0) is 14.7. The minimum Gasteiger partial charge on any atom is -0.143 e. The van der Waals surface area contributed by atoms with Gasteiger partial charge >= 0.3 is 0 Å². The monoisotopic (exact) mass is 358 g/mol. The molecule has 1 unspecified atom stereocenters. The number of unbranched alkanes of at least 4 members (excludes halogenated alkanes) is 1. The molecule has 0 aliphatic carbocycles. The molecule has 0 aliphatic heterocycles. The van der Waals surface area contributed by atoms with Crippen molar-refractivity contribution in [2.75, 3.05) is 0 Å². The van der Waals surface area contributed by atoms with Gasteiger partial charge in [-0.25, -0.2) is 0 Å². The van der Waals surface area contributed by atoms with Crippen molar-refractivity contribution in [3.63, 3.8) is 0 Å². The first-order valence-electron chi connectivity index (χ1n) is 7.48. The van der Waals surface area contributed by atoms with E-state index >= 15 is 0 Å². The van der Waals surface area contributed by atoms with E-state index in [1.165, 1.54) is 46.0 Å². The van der Waals surface area contributed by atoms with E-state index in [-0.39, 0.29) is 4.83 Å². The maximum atomic E-state index is 3.88. The third-order valence-corrected chi connectivity index (χ3v) is 5.88. The summed E-state index contributed by atoms with van der Waals surface area (Å²) in [5, 5.41) is 3.63. The molecular weight excluding hydrogens is 340 g/mol. The molecule has 2 heteroatoms. The van der Waals surface area contributed by atoms with Crippen LogP contribution in [-0.2, 0) is 6.42 Å². The molecule has 0 N–H and O–H groups in total. The Morgan fingerprint density at radius 2 is 1.81 bits per heavy atom. The first-order chi connectivity index (χ1) is 10.3. The average Bonchev–Trinajstić information content (AvgIpc) is 2.97. The van der Waals surface area contributed by atoms with Crippen molar-refractivity contribution in [3.05, 3.63) is 70.6 Å². The smallest absolute Gasteiger partial charge is 0.0658 e. The van der Waals surface area contributed by atoms with E-state index in [0.29, 0.717) is 0 Å². The summed E-state index contributed by atoms with van der Waals surface area (Å²) in [6.07, 6.45) is 3.71. The Morgan fingerprint density at radius 1 is 1.05 bits per heavy atom. The van der Waals surface area contributed by atoms with E-state index in [9.17, 15) is 0 Å². The van der Waals surface area contributed by atoms with Crippen LogP contribution in [0.15, 0.2) is 53.9 Å². The molecule has 108 valence electrons. The van der Waals surface area contributed by atoms with Crippen molar-refractivity contribution in [1.82, 2.24) is 0 Å². The van der Waals surface area contributed by atoms with Gasteiger partial charge in [0.05, 0.1) is 4.83 Å². The highest BCUT2D eigenvalue weighted by atomic mass is 79.9. The standard InChI is InChI=1S/C19H19BrS/c1-2-3-6-14-9-11-15(12-10-14)19(20)17-13-21-18-8-5-4-7-16(17)18/h4-5,7-13,19H,2-3,6H2,1H3. The lowest BCUT2D eigenvalue weighted by molar-refractivity contribution is 0.795. The van der Waals surface area contributed by atoms with E-state index < -0.39 is 0 Å². The van der Waals surface area contributed by atoms with E-state index in [0.717, 1.165) is 0 Å². The van der Waals surface area contributed by atoms with Crippen molar-refractivity contribution < 1.29 is 0 Å². The molecule has 3 aromatic rings. The lowest BCUT2D eigenvalue weighted by atomic mass is 10.0. The number of hydrogen-bond acceptors (Lipinski definition) is 1. The Morgan fingerprint density at radius 3 is 2.57 bits per heavy atom. The van der Waals surface area contributed by atoms with Crippen LogP contribution in [0.25, 0.3) is 10.1 Å². The van der Waals surface area contributed by atoms with E-state index in [4.69, 9.17) is 0 Å². The molecule has 3 rings (SSSR count). The second-order valence-electron chi connectivity index (χ2n) is 5.39. The molecule has 0 spiro atoms. The maximum Gasteiger partial charge on any atom is 0.0658 e. The van der Waals surface area contributed by atoms with Gasteiger partial charge in [-0.05, 0) is 46.4 Å². The fraction of sp³-hybridized carbons (Fsp3) is 0.263. The van der Waals surface area contributed by atoms with Crippen molar-refractivity contribution >= 4 is 37.4 Å². The Bertz CT molecular complexity index is 712. The largest absolute Gasteiger partial charge is 0.143 e. The van der Waals surface area contributed by atoms with Gasteiger partial charge in [0.1, 0.15) is 0 Å². The number of benzene rings is 2. The first kappa shape index (κ1) is 14.8. The third kappa shape index (κ3) is 3.22. The molecule has 0 bridgehead atoms. The van der Waals surface area contributed by atoms with Gasteiger partial charge in [-0.1, -0.05) is 71.7 Å². The highest BCUT2D eigenvalue weighted by molar-refractivity contribution is 9.09. The number of rotatable bonds is 5. The normalized spacial score (nSPS) is 12.7. The van der Waals surface area contributed by atoms with Crippen LogP contribution >= 0.6 is 27.3 Å². The summed E-state index contributed by atoms with van der Waals surface area (Å²) in [6.45, 7) is 2.24. The minimum absolute atomic E-state index is 0.272. The van der Waals surface area contributed by atoms with E-state index in [1.807, 2.05) is 11.3 Å². The van der Waals surface area contributed by atoms with Crippen LogP contribution in [0, 0.1) is 0 Å². The first-order valence-corrected chi connectivity index (χ1v) is 9.28. The summed E-state index contributed by atoms with van der Waals surface area (Å²) in [7, 11) is 0. The van der Waals surface area contributed by atoms with E-state index in [1.54, 1.807) is 0 Å². The summed E-state index contributed by atoms with van der Waals surface area (Å²) >= 11 is 5.70. The van der Waals surface area contributed by atoms with Crippen LogP contribution in [0.4, 0.5) is 0 Å². The summed E-state index contributed by atoms with van der Waals surface area (Å²) in [4.78, 5) is 0.272. The molecule has 1 heterocycles. The minimum atomic E-state index is 0.272. The van der Waals surface area contributed by atoms with Gasteiger partial charge in [0.15, 0.2) is 0 Å². The molecule has 21 heavy (non-hydrogen) atoms. The molecule has 0 aliphatic rings. The maximum absolute atomic E-state index is 3.88.